The Kier molecular flexibility index (Phi) is 6.14. The number of nitrogens with zero attached hydrogens (tertiary/aromatic N) is 1. The van der Waals surface area contributed by atoms with E-state index in [-0.39, 0.29) is 11.5 Å². The van der Waals surface area contributed by atoms with Gasteiger partial charge in [0.1, 0.15) is 0 Å². The Morgan fingerprint density at radius 1 is 1.11 bits per heavy atom. The van der Waals surface area contributed by atoms with Gasteiger partial charge in [0.2, 0.25) is 5.91 Å². The molecule has 1 unspecified atom stereocenters. The first-order valence-electron chi connectivity index (χ1n) is 10.8. The summed E-state index contributed by atoms with van der Waals surface area (Å²) in [5.41, 5.74) is 1.10. The SMILES string of the molecule is O=C(Cc1ccccc1)N1CCC2(CC1)CC(CCOCC1CC1)CCO2. The van der Waals surface area contributed by atoms with Crippen LogP contribution in [0.5, 0.6) is 0 Å². The van der Waals surface area contributed by atoms with Crippen molar-refractivity contribution in [2.45, 2.75) is 57.0 Å². The Morgan fingerprint density at radius 2 is 1.89 bits per heavy atom. The molecule has 3 aliphatic rings. The van der Waals surface area contributed by atoms with E-state index in [0.717, 1.165) is 76.5 Å². The molecule has 4 heteroatoms. The van der Waals surface area contributed by atoms with E-state index in [1.54, 1.807) is 0 Å². The van der Waals surface area contributed by atoms with E-state index < -0.39 is 0 Å². The molecule has 2 saturated heterocycles. The van der Waals surface area contributed by atoms with Gasteiger partial charge in [-0.1, -0.05) is 30.3 Å². The lowest BCUT2D eigenvalue weighted by Crippen LogP contribution is -2.51. The van der Waals surface area contributed by atoms with Crippen molar-refractivity contribution >= 4 is 5.91 Å². The summed E-state index contributed by atoms with van der Waals surface area (Å²) in [6.45, 7) is 4.39. The van der Waals surface area contributed by atoms with Crippen LogP contribution in [0.25, 0.3) is 0 Å². The third kappa shape index (κ3) is 5.32. The monoisotopic (exact) mass is 371 g/mol. The summed E-state index contributed by atoms with van der Waals surface area (Å²) < 4.78 is 12.1. The van der Waals surface area contributed by atoms with E-state index in [1.807, 2.05) is 35.2 Å². The highest BCUT2D eigenvalue weighted by molar-refractivity contribution is 5.78. The number of carbonyl (C=O) groups is 1. The summed E-state index contributed by atoms with van der Waals surface area (Å²) in [5.74, 6) is 1.81. The van der Waals surface area contributed by atoms with Crippen molar-refractivity contribution < 1.29 is 14.3 Å². The van der Waals surface area contributed by atoms with E-state index in [4.69, 9.17) is 9.47 Å². The largest absolute Gasteiger partial charge is 0.381 e. The van der Waals surface area contributed by atoms with E-state index >= 15 is 0 Å². The van der Waals surface area contributed by atoms with Crippen LogP contribution in [0, 0.1) is 11.8 Å². The lowest BCUT2D eigenvalue weighted by atomic mass is 9.78. The molecule has 0 radical (unpaired) electrons. The summed E-state index contributed by atoms with van der Waals surface area (Å²) in [7, 11) is 0. The quantitative estimate of drug-likeness (QED) is 0.684. The zero-order valence-electron chi connectivity index (χ0n) is 16.4. The maximum Gasteiger partial charge on any atom is 0.226 e. The number of ether oxygens (including phenoxy) is 2. The molecule has 2 aliphatic heterocycles. The molecule has 0 N–H and O–H groups in total. The molecule has 1 aromatic carbocycles. The molecule has 2 heterocycles. The normalized spacial score (nSPS) is 24.9. The van der Waals surface area contributed by atoms with Crippen LogP contribution in [0.4, 0.5) is 0 Å². The van der Waals surface area contributed by atoms with Crippen LogP contribution in [0.3, 0.4) is 0 Å². The third-order valence-corrected chi connectivity index (χ3v) is 6.54. The minimum Gasteiger partial charge on any atom is -0.381 e. The third-order valence-electron chi connectivity index (χ3n) is 6.54. The van der Waals surface area contributed by atoms with Crippen LogP contribution < -0.4 is 0 Å². The predicted octanol–water partition coefficient (Wildman–Crippen LogP) is 3.83. The van der Waals surface area contributed by atoms with Crippen LogP contribution in [0.1, 0.15) is 50.5 Å². The first kappa shape index (κ1) is 18.9. The second kappa shape index (κ2) is 8.74. The Bertz CT molecular complexity index is 605. The van der Waals surface area contributed by atoms with Gasteiger partial charge in [-0.2, -0.15) is 0 Å². The van der Waals surface area contributed by atoms with Crippen molar-refractivity contribution in [2.24, 2.45) is 11.8 Å². The summed E-state index contributed by atoms with van der Waals surface area (Å²) in [6.07, 6.45) is 8.65. The van der Waals surface area contributed by atoms with Crippen molar-refractivity contribution in [3.05, 3.63) is 35.9 Å². The molecular formula is C23H33NO3. The molecule has 148 valence electrons. The average Bonchev–Trinajstić information content (AvgIpc) is 3.51. The average molecular weight is 372 g/mol. The van der Waals surface area contributed by atoms with E-state index in [1.165, 1.54) is 12.8 Å². The number of hydrogen-bond acceptors (Lipinski definition) is 3. The highest BCUT2D eigenvalue weighted by Crippen LogP contribution is 2.39. The molecule has 0 aromatic heterocycles. The minimum absolute atomic E-state index is 0.00291. The molecule has 1 aromatic rings. The van der Waals surface area contributed by atoms with Gasteiger partial charge in [-0.15, -0.1) is 0 Å². The van der Waals surface area contributed by atoms with Gasteiger partial charge in [0.15, 0.2) is 0 Å². The molecule has 27 heavy (non-hydrogen) atoms. The number of amides is 1. The molecule has 1 atom stereocenters. The van der Waals surface area contributed by atoms with Crippen LogP contribution in [0.15, 0.2) is 30.3 Å². The number of piperidine rings is 1. The van der Waals surface area contributed by atoms with Crippen molar-refractivity contribution in [1.29, 1.82) is 0 Å². The first-order chi connectivity index (χ1) is 13.2. The second-order valence-electron chi connectivity index (χ2n) is 8.74. The predicted molar refractivity (Wildman–Crippen MR) is 106 cm³/mol. The van der Waals surface area contributed by atoms with Gasteiger partial charge in [0.25, 0.3) is 0 Å². The summed E-state index contributed by atoms with van der Waals surface area (Å²) in [5, 5.41) is 0. The molecular weight excluding hydrogens is 338 g/mol. The number of hydrogen-bond donors (Lipinski definition) is 0. The maximum atomic E-state index is 12.6. The van der Waals surface area contributed by atoms with Gasteiger partial charge in [-0.3, -0.25) is 4.79 Å². The molecule has 4 rings (SSSR count). The molecule has 1 spiro atoms. The molecule has 1 aliphatic carbocycles. The van der Waals surface area contributed by atoms with Gasteiger partial charge >= 0.3 is 0 Å². The Hall–Kier alpha value is -1.39. The Morgan fingerprint density at radius 3 is 2.63 bits per heavy atom. The zero-order valence-corrected chi connectivity index (χ0v) is 16.4. The number of rotatable bonds is 7. The molecule has 3 fully saturated rings. The van der Waals surface area contributed by atoms with Gasteiger partial charge in [-0.05, 0) is 62.3 Å². The zero-order chi connectivity index (χ0) is 18.5. The maximum absolute atomic E-state index is 12.6. The lowest BCUT2D eigenvalue weighted by Gasteiger charge is -2.46. The highest BCUT2D eigenvalue weighted by atomic mass is 16.5. The van der Waals surface area contributed by atoms with Gasteiger partial charge in [0, 0.05) is 32.9 Å². The fourth-order valence-corrected chi connectivity index (χ4v) is 4.55. The van der Waals surface area contributed by atoms with Gasteiger partial charge in [0.05, 0.1) is 12.0 Å². The smallest absolute Gasteiger partial charge is 0.226 e. The number of benzene rings is 1. The van der Waals surface area contributed by atoms with Crippen LogP contribution in [-0.4, -0.2) is 49.3 Å². The first-order valence-corrected chi connectivity index (χ1v) is 10.8. The second-order valence-corrected chi connectivity index (χ2v) is 8.74. The van der Waals surface area contributed by atoms with Crippen LogP contribution >= 0.6 is 0 Å². The highest BCUT2D eigenvalue weighted by Gasteiger charge is 2.40. The molecule has 0 bridgehead atoms. The molecule has 1 saturated carbocycles. The fourth-order valence-electron chi connectivity index (χ4n) is 4.55. The van der Waals surface area contributed by atoms with E-state index in [0.29, 0.717) is 12.3 Å². The molecule has 1 amide bonds. The summed E-state index contributed by atoms with van der Waals surface area (Å²) >= 11 is 0. The van der Waals surface area contributed by atoms with Crippen molar-refractivity contribution in [1.82, 2.24) is 4.90 Å². The van der Waals surface area contributed by atoms with Gasteiger partial charge in [-0.25, -0.2) is 0 Å². The number of likely N-dealkylation sites (tertiary alicyclic amines) is 1. The minimum atomic E-state index is 0.00291. The Labute approximate surface area is 163 Å². The van der Waals surface area contributed by atoms with E-state index in [2.05, 4.69) is 0 Å². The lowest BCUT2D eigenvalue weighted by molar-refractivity contribution is -0.147. The van der Waals surface area contributed by atoms with Crippen molar-refractivity contribution in [3.8, 4) is 0 Å². The van der Waals surface area contributed by atoms with Gasteiger partial charge < -0.3 is 14.4 Å². The standard InChI is InChI=1S/C23H33NO3/c25-22(16-19-4-2-1-3-5-19)24-12-10-23(11-13-24)17-20(9-15-27-23)8-14-26-18-21-6-7-21/h1-5,20-21H,6-18H2. The van der Waals surface area contributed by atoms with Crippen LogP contribution in [0.2, 0.25) is 0 Å². The topological polar surface area (TPSA) is 38.8 Å². The summed E-state index contributed by atoms with van der Waals surface area (Å²) in [4.78, 5) is 14.6. The van der Waals surface area contributed by atoms with Crippen molar-refractivity contribution in [2.75, 3.05) is 32.9 Å². The van der Waals surface area contributed by atoms with E-state index in [9.17, 15) is 4.79 Å². The van der Waals surface area contributed by atoms with Crippen molar-refractivity contribution in [3.63, 3.8) is 0 Å². The number of carbonyl (C=O) groups excluding carboxylic acids is 1. The fraction of sp³-hybridized carbons (Fsp3) is 0.696. The Balaban J connectivity index is 1.21. The van der Waals surface area contributed by atoms with Crippen LogP contribution in [-0.2, 0) is 20.7 Å². The molecule has 4 nitrogen and oxygen atoms in total. The summed E-state index contributed by atoms with van der Waals surface area (Å²) in [6, 6.07) is 10.1.